The van der Waals surface area contributed by atoms with Crippen LogP contribution in [0.1, 0.15) is 55.4 Å². The molecule has 54 heavy (non-hydrogen) atoms. The van der Waals surface area contributed by atoms with Crippen LogP contribution in [0.15, 0.2) is 65.6 Å². The molecule has 1 amide bonds. The largest absolute Gasteiger partial charge is 0.459 e. The zero-order valence-corrected chi connectivity index (χ0v) is 31.7. The minimum atomic E-state index is -4.54. The van der Waals surface area contributed by atoms with E-state index in [4.69, 9.17) is 9.47 Å². The molecule has 15 heteroatoms. The van der Waals surface area contributed by atoms with Crippen LogP contribution >= 0.6 is 0 Å². The second-order valence-electron chi connectivity index (χ2n) is 15.3. The number of nitro benzene ring substituents is 1. The van der Waals surface area contributed by atoms with Crippen LogP contribution in [0.4, 0.5) is 14.5 Å². The van der Waals surface area contributed by atoms with E-state index < -0.39 is 85.1 Å². The molecule has 3 aromatic rings. The van der Waals surface area contributed by atoms with Gasteiger partial charge < -0.3 is 14.4 Å². The lowest BCUT2D eigenvalue weighted by molar-refractivity contribution is -0.387. The highest BCUT2D eigenvalue weighted by Gasteiger charge is 2.49. The van der Waals surface area contributed by atoms with E-state index in [0.29, 0.717) is 12.5 Å². The number of carbonyl (C=O) groups excluding carboxylic acids is 2. The van der Waals surface area contributed by atoms with Crippen molar-refractivity contribution < 1.29 is 41.2 Å². The molecule has 0 aromatic heterocycles. The second kappa shape index (κ2) is 15.8. The number of piperazine rings is 1. The zero-order valence-electron chi connectivity index (χ0n) is 30.9. The molecule has 2 aliphatic heterocycles. The Kier molecular flexibility index (Phi) is 11.5. The summed E-state index contributed by atoms with van der Waals surface area (Å²) in [6.45, 7) is 5.40. The van der Waals surface area contributed by atoms with Crippen molar-refractivity contribution in [3.63, 3.8) is 0 Å². The Labute approximate surface area is 314 Å². The molecule has 0 spiro atoms. The molecule has 2 saturated heterocycles. The van der Waals surface area contributed by atoms with Gasteiger partial charge in [-0.25, -0.2) is 17.2 Å². The van der Waals surface area contributed by atoms with Crippen molar-refractivity contribution >= 4 is 27.6 Å². The highest BCUT2D eigenvalue weighted by atomic mass is 32.2. The summed E-state index contributed by atoms with van der Waals surface area (Å²) < 4.78 is 69.7. The normalized spacial score (nSPS) is 21.5. The molecule has 6 rings (SSSR count). The molecule has 2 heterocycles. The number of rotatable bonds is 11. The van der Waals surface area contributed by atoms with Crippen molar-refractivity contribution in [1.29, 1.82) is 0 Å². The number of aryl methyl sites for hydroxylation is 2. The van der Waals surface area contributed by atoms with Crippen LogP contribution in [0.5, 0.6) is 0 Å². The Hall–Kier alpha value is -4.31. The predicted octanol–water partition coefficient (Wildman–Crippen LogP) is 4.88. The summed E-state index contributed by atoms with van der Waals surface area (Å²) in [5.41, 5.74) is 2.19. The number of ether oxygens (including phenoxy) is 2. The molecule has 3 aromatic carbocycles. The quantitative estimate of drug-likeness (QED) is 0.152. The van der Waals surface area contributed by atoms with Crippen LogP contribution in [0.3, 0.4) is 0 Å². The van der Waals surface area contributed by atoms with Crippen LogP contribution in [-0.2, 0) is 48.3 Å². The first-order valence-corrected chi connectivity index (χ1v) is 19.6. The first-order valence-electron chi connectivity index (χ1n) is 18.1. The molecule has 2 fully saturated rings. The zero-order chi connectivity index (χ0) is 38.9. The minimum absolute atomic E-state index is 0.0451. The first-order chi connectivity index (χ1) is 25.6. The van der Waals surface area contributed by atoms with Crippen molar-refractivity contribution in [2.75, 3.05) is 46.4 Å². The number of fused-ring (bicyclic) bond motifs is 1. The van der Waals surface area contributed by atoms with Crippen molar-refractivity contribution in [3.05, 3.63) is 105 Å². The Morgan fingerprint density at radius 1 is 0.981 bits per heavy atom. The first kappa shape index (κ1) is 39.4. The molecule has 0 radical (unpaired) electrons. The molecule has 12 nitrogen and oxygen atoms in total. The fourth-order valence-corrected chi connectivity index (χ4v) is 9.65. The minimum Gasteiger partial charge on any atom is -0.459 e. The average molecular weight is 769 g/mol. The standard InChI is InChI=1S/C39H46F2N4O8S/c1-39(2,3)53-38(47)35(19-25-12-13-26-8-7-9-27(26)18-25)42-16-17-44(29(21-42)24-52-4)37(46)32-23-43(22-31(32)30-15-14-28(40)20-33(30)41)54(50,51)36-11-6-5-10-34(36)45(48)49/h5-6,10-15,18,20,29,31-32,35H,7-9,16-17,19,21-24H2,1-4H3/t29-,31+,32-,35+/m1/s1. The van der Waals surface area contributed by atoms with Crippen LogP contribution < -0.4 is 0 Å². The van der Waals surface area contributed by atoms with E-state index in [9.17, 15) is 32.5 Å². The van der Waals surface area contributed by atoms with E-state index >= 15 is 4.39 Å². The number of methoxy groups -OCH3 is 1. The molecule has 0 N–H and O–H groups in total. The number of esters is 1. The number of halogens is 2. The molecule has 3 aliphatic rings. The van der Waals surface area contributed by atoms with Crippen molar-refractivity contribution in [2.45, 2.75) is 75.0 Å². The molecular formula is C39H46F2N4O8S. The number of nitrogens with zero attached hydrogens (tertiary/aromatic N) is 4. The van der Waals surface area contributed by atoms with Crippen molar-refractivity contribution in [3.8, 4) is 0 Å². The molecule has 0 unspecified atom stereocenters. The number of carbonyl (C=O) groups is 2. The van der Waals surface area contributed by atoms with Gasteiger partial charge in [0.25, 0.3) is 5.69 Å². The Morgan fingerprint density at radius 3 is 2.43 bits per heavy atom. The number of hydrogen-bond acceptors (Lipinski definition) is 9. The monoisotopic (exact) mass is 768 g/mol. The lowest BCUT2D eigenvalue weighted by Gasteiger charge is -2.45. The van der Waals surface area contributed by atoms with Crippen LogP contribution in [-0.4, -0.2) is 103 Å². The number of benzene rings is 3. The van der Waals surface area contributed by atoms with Gasteiger partial charge in [-0.1, -0.05) is 36.4 Å². The lowest BCUT2D eigenvalue weighted by Crippen LogP contribution is -2.62. The van der Waals surface area contributed by atoms with Gasteiger partial charge in [-0.15, -0.1) is 0 Å². The number of sulfonamides is 1. The summed E-state index contributed by atoms with van der Waals surface area (Å²) in [5.74, 6) is -4.80. The molecule has 1 aliphatic carbocycles. The topological polar surface area (TPSA) is 140 Å². The Morgan fingerprint density at radius 2 is 1.72 bits per heavy atom. The highest BCUT2D eigenvalue weighted by molar-refractivity contribution is 7.89. The molecule has 0 bridgehead atoms. The average Bonchev–Trinajstić information content (AvgIpc) is 3.78. The Bertz CT molecular complexity index is 2020. The summed E-state index contributed by atoms with van der Waals surface area (Å²) in [6.07, 6.45) is 3.50. The van der Waals surface area contributed by atoms with Gasteiger partial charge in [0.1, 0.15) is 23.3 Å². The fourth-order valence-electron chi connectivity index (χ4n) is 8.00. The summed E-state index contributed by atoms with van der Waals surface area (Å²) in [4.78, 5) is 42.5. The van der Waals surface area contributed by atoms with E-state index in [2.05, 4.69) is 12.1 Å². The van der Waals surface area contributed by atoms with Gasteiger partial charge in [0, 0.05) is 57.9 Å². The third kappa shape index (κ3) is 8.33. The lowest BCUT2D eigenvalue weighted by atomic mass is 9.87. The third-order valence-electron chi connectivity index (χ3n) is 10.5. The number of amides is 1. The Balaban J connectivity index is 1.30. The van der Waals surface area contributed by atoms with Gasteiger partial charge in [0.2, 0.25) is 15.9 Å². The maximum Gasteiger partial charge on any atom is 0.324 e. The van der Waals surface area contributed by atoms with E-state index in [1.807, 2.05) is 31.7 Å². The van der Waals surface area contributed by atoms with Crippen LogP contribution in [0.2, 0.25) is 0 Å². The van der Waals surface area contributed by atoms with E-state index in [1.165, 1.54) is 36.4 Å². The molecule has 290 valence electrons. The van der Waals surface area contributed by atoms with Gasteiger partial charge in [-0.3, -0.25) is 24.6 Å². The van der Waals surface area contributed by atoms with Crippen LogP contribution in [0.25, 0.3) is 0 Å². The maximum absolute atomic E-state index is 15.4. The fraction of sp³-hybridized carbons (Fsp3) is 0.487. The third-order valence-corrected chi connectivity index (χ3v) is 12.4. The van der Waals surface area contributed by atoms with E-state index in [-0.39, 0.29) is 38.3 Å². The van der Waals surface area contributed by atoms with Gasteiger partial charge in [-0.05, 0) is 80.8 Å². The smallest absolute Gasteiger partial charge is 0.324 e. The van der Waals surface area contributed by atoms with E-state index in [0.717, 1.165) is 47.3 Å². The summed E-state index contributed by atoms with van der Waals surface area (Å²) >= 11 is 0. The number of nitro groups is 1. The number of hydrogen-bond donors (Lipinski definition) is 0. The number of para-hydroxylation sites is 1. The van der Waals surface area contributed by atoms with Gasteiger partial charge >= 0.3 is 5.97 Å². The predicted molar refractivity (Wildman–Crippen MR) is 195 cm³/mol. The molecular weight excluding hydrogens is 723 g/mol. The summed E-state index contributed by atoms with van der Waals surface area (Å²) in [5, 5.41) is 11.8. The van der Waals surface area contributed by atoms with Crippen molar-refractivity contribution in [2.24, 2.45) is 5.92 Å². The van der Waals surface area contributed by atoms with Crippen LogP contribution in [0, 0.1) is 27.7 Å². The van der Waals surface area contributed by atoms with E-state index in [1.54, 1.807) is 4.90 Å². The van der Waals surface area contributed by atoms with Gasteiger partial charge in [0.05, 0.1) is 23.5 Å². The second-order valence-corrected chi connectivity index (χ2v) is 17.2. The highest BCUT2D eigenvalue weighted by Crippen LogP contribution is 2.40. The maximum atomic E-state index is 15.4. The summed E-state index contributed by atoms with van der Waals surface area (Å²) in [7, 11) is -3.04. The summed E-state index contributed by atoms with van der Waals surface area (Å²) in [6, 6.07) is 12.9. The van der Waals surface area contributed by atoms with Crippen molar-refractivity contribution in [1.82, 2.24) is 14.1 Å². The molecule has 0 saturated carbocycles. The van der Waals surface area contributed by atoms with Gasteiger partial charge in [0.15, 0.2) is 4.90 Å². The molecule has 4 atom stereocenters. The SMILES string of the molecule is COC[C@H]1CN([C@@H](Cc2ccc3c(c2)CCC3)C(=O)OC(C)(C)C)CCN1C(=O)[C@@H]1CN(S(=O)(=O)c2ccccc2[N+](=O)[O-])C[C@H]1c1ccc(F)cc1F. The van der Waals surface area contributed by atoms with Gasteiger partial charge in [-0.2, -0.15) is 4.31 Å².